The lowest BCUT2D eigenvalue weighted by atomic mass is 10.0. The summed E-state index contributed by atoms with van der Waals surface area (Å²) in [5, 5.41) is 12.0. The molecule has 2 unspecified atom stereocenters. The van der Waals surface area contributed by atoms with Gasteiger partial charge in [0.2, 0.25) is 12.0 Å². The number of hydrogen-bond donors (Lipinski definition) is 1. The Morgan fingerprint density at radius 1 is 1.03 bits per heavy atom. The summed E-state index contributed by atoms with van der Waals surface area (Å²) in [5.41, 5.74) is -0.558. The molecule has 1 heterocycles. The number of halogens is 3. The normalized spacial score (nSPS) is 12.5. The van der Waals surface area contributed by atoms with E-state index in [9.17, 15) is 23.2 Å². The third-order valence-corrected chi connectivity index (χ3v) is 4.56. The van der Waals surface area contributed by atoms with Crippen LogP contribution in [0.2, 0.25) is 0 Å². The largest absolute Gasteiger partial charge is 0.439 e. The van der Waals surface area contributed by atoms with Crippen molar-refractivity contribution in [2.45, 2.75) is 26.0 Å². The molecule has 3 aromatic rings. The molecule has 0 aliphatic carbocycles. The number of pyridine rings is 1. The first-order chi connectivity index (χ1) is 15.8. The Morgan fingerprint density at radius 2 is 1.70 bits per heavy atom. The van der Waals surface area contributed by atoms with Gasteiger partial charge in [-0.3, -0.25) is 0 Å². The highest BCUT2D eigenvalue weighted by molar-refractivity contribution is 5.80. The van der Waals surface area contributed by atoms with E-state index in [4.69, 9.17) is 9.47 Å². The summed E-state index contributed by atoms with van der Waals surface area (Å²) in [6, 6.07) is 15.1. The van der Waals surface area contributed by atoms with Crippen LogP contribution in [0.4, 0.5) is 18.9 Å². The maximum atomic E-state index is 14.0. The molecule has 2 atom stereocenters. The van der Waals surface area contributed by atoms with Crippen LogP contribution in [0.25, 0.3) is 0 Å². The summed E-state index contributed by atoms with van der Waals surface area (Å²) in [6.07, 6.45) is -1.40. The fourth-order valence-electron chi connectivity index (χ4n) is 2.92. The average molecular weight is 455 g/mol. The summed E-state index contributed by atoms with van der Waals surface area (Å²) in [7, 11) is 0. The van der Waals surface area contributed by atoms with Crippen LogP contribution < -0.4 is 10.1 Å². The van der Waals surface area contributed by atoms with Gasteiger partial charge in [-0.25, -0.2) is 22.9 Å². The van der Waals surface area contributed by atoms with Gasteiger partial charge in [0.15, 0.2) is 11.6 Å². The lowest BCUT2D eigenvalue weighted by molar-refractivity contribution is -0.149. The minimum atomic E-state index is -1.40. The quantitative estimate of drug-likeness (QED) is 0.449. The molecule has 1 aromatic heterocycles. The number of nitriles is 1. The molecule has 0 fully saturated rings. The standard InChI is InChI=1S/C24H20F3N3O3/c1-14(2)22(30-23-17(26)11-15(25)12-18(23)27)24(31)33-20(13-28)19-9-6-10-21(29-19)32-16-7-4-3-5-8-16/h3-12,14,20,22,30H,1-2H3. The number of anilines is 1. The molecular formula is C24H20F3N3O3. The van der Waals surface area contributed by atoms with Crippen LogP contribution in [0.3, 0.4) is 0 Å². The molecule has 0 spiro atoms. The van der Waals surface area contributed by atoms with Gasteiger partial charge < -0.3 is 14.8 Å². The Hall–Kier alpha value is -4.06. The van der Waals surface area contributed by atoms with Crippen molar-refractivity contribution in [3.8, 4) is 17.7 Å². The Morgan fingerprint density at radius 3 is 2.30 bits per heavy atom. The second-order valence-corrected chi connectivity index (χ2v) is 7.37. The van der Waals surface area contributed by atoms with E-state index in [0.29, 0.717) is 17.9 Å². The van der Waals surface area contributed by atoms with Crippen molar-refractivity contribution in [3.05, 3.63) is 83.8 Å². The summed E-state index contributed by atoms with van der Waals surface area (Å²) in [4.78, 5) is 17.0. The van der Waals surface area contributed by atoms with E-state index in [2.05, 4.69) is 10.3 Å². The van der Waals surface area contributed by atoms with Crippen LogP contribution in [0.15, 0.2) is 60.7 Å². The third-order valence-electron chi connectivity index (χ3n) is 4.56. The number of nitrogens with one attached hydrogen (secondary N) is 1. The van der Waals surface area contributed by atoms with E-state index in [1.54, 1.807) is 50.2 Å². The number of carbonyl (C=O) groups is 1. The van der Waals surface area contributed by atoms with Crippen molar-refractivity contribution in [2.24, 2.45) is 5.92 Å². The third kappa shape index (κ3) is 6.01. The number of ether oxygens (including phenoxy) is 2. The van der Waals surface area contributed by atoms with E-state index in [1.165, 1.54) is 6.07 Å². The van der Waals surface area contributed by atoms with Crippen molar-refractivity contribution in [2.75, 3.05) is 5.32 Å². The summed E-state index contributed by atoms with van der Waals surface area (Å²) < 4.78 is 52.2. The number of hydrogen-bond acceptors (Lipinski definition) is 6. The maximum absolute atomic E-state index is 14.0. The second kappa shape index (κ2) is 10.5. The minimum absolute atomic E-state index is 0.112. The van der Waals surface area contributed by atoms with Crippen LogP contribution in [-0.2, 0) is 9.53 Å². The summed E-state index contributed by atoms with van der Waals surface area (Å²) in [6.45, 7) is 3.23. The molecule has 9 heteroatoms. The summed E-state index contributed by atoms with van der Waals surface area (Å²) >= 11 is 0. The van der Waals surface area contributed by atoms with E-state index in [0.717, 1.165) is 0 Å². The lowest BCUT2D eigenvalue weighted by Gasteiger charge is -2.23. The Labute approximate surface area is 188 Å². The van der Waals surface area contributed by atoms with Gasteiger partial charge in [-0.2, -0.15) is 5.26 Å². The fraction of sp³-hybridized carbons (Fsp3) is 0.208. The molecule has 2 aromatic carbocycles. The zero-order chi connectivity index (χ0) is 24.0. The van der Waals surface area contributed by atoms with Gasteiger partial charge in [0.25, 0.3) is 0 Å². The van der Waals surface area contributed by atoms with E-state index < -0.39 is 47.2 Å². The number of esters is 1. The van der Waals surface area contributed by atoms with Gasteiger partial charge in [0.1, 0.15) is 29.4 Å². The molecule has 0 saturated heterocycles. The van der Waals surface area contributed by atoms with Crippen molar-refractivity contribution in [3.63, 3.8) is 0 Å². The Bertz CT molecular complexity index is 1140. The molecule has 170 valence electrons. The number of benzene rings is 2. The van der Waals surface area contributed by atoms with Gasteiger partial charge in [-0.1, -0.05) is 38.1 Å². The van der Waals surface area contributed by atoms with Crippen LogP contribution in [-0.4, -0.2) is 17.0 Å². The highest BCUT2D eigenvalue weighted by atomic mass is 19.1. The van der Waals surface area contributed by atoms with Gasteiger partial charge in [0.05, 0.1) is 5.69 Å². The Balaban J connectivity index is 1.78. The molecule has 3 rings (SSSR count). The zero-order valence-electron chi connectivity index (χ0n) is 17.8. The van der Waals surface area contributed by atoms with Gasteiger partial charge in [-0.05, 0) is 24.1 Å². The van der Waals surface area contributed by atoms with Crippen LogP contribution in [0, 0.1) is 34.7 Å². The smallest absolute Gasteiger partial charge is 0.330 e. The molecule has 0 radical (unpaired) electrons. The van der Waals surface area contributed by atoms with Crippen molar-refractivity contribution in [1.29, 1.82) is 5.26 Å². The predicted octanol–water partition coefficient (Wildman–Crippen LogP) is 5.54. The number of aromatic nitrogens is 1. The maximum Gasteiger partial charge on any atom is 0.330 e. The average Bonchev–Trinajstić information content (AvgIpc) is 2.77. The molecule has 0 aliphatic rings. The molecule has 6 nitrogen and oxygen atoms in total. The molecule has 33 heavy (non-hydrogen) atoms. The highest BCUT2D eigenvalue weighted by Gasteiger charge is 2.29. The molecule has 0 saturated carbocycles. The molecular weight excluding hydrogens is 435 g/mol. The predicted molar refractivity (Wildman–Crippen MR) is 114 cm³/mol. The van der Waals surface area contributed by atoms with Crippen molar-refractivity contribution in [1.82, 2.24) is 4.98 Å². The van der Waals surface area contributed by atoms with Crippen LogP contribution >= 0.6 is 0 Å². The number of rotatable bonds is 8. The summed E-state index contributed by atoms with van der Waals surface area (Å²) in [5.74, 6) is -4.20. The number of para-hydroxylation sites is 1. The molecule has 0 aliphatic heterocycles. The number of carbonyl (C=O) groups excluding carboxylic acids is 1. The van der Waals surface area contributed by atoms with Crippen LogP contribution in [0.1, 0.15) is 25.6 Å². The first-order valence-corrected chi connectivity index (χ1v) is 9.99. The number of nitrogens with zero attached hydrogens (tertiary/aromatic N) is 2. The van der Waals surface area contributed by atoms with Gasteiger partial charge in [0, 0.05) is 18.2 Å². The first kappa shape index (κ1) is 23.6. The van der Waals surface area contributed by atoms with Crippen molar-refractivity contribution < 1.29 is 27.4 Å². The van der Waals surface area contributed by atoms with E-state index in [-0.39, 0.29) is 11.6 Å². The minimum Gasteiger partial charge on any atom is -0.439 e. The zero-order valence-corrected chi connectivity index (χ0v) is 17.8. The van der Waals surface area contributed by atoms with Crippen LogP contribution in [0.5, 0.6) is 11.6 Å². The van der Waals surface area contributed by atoms with E-state index in [1.807, 2.05) is 12.1 Å². The van der Waals surface area contributed by atoms with Gasteiger partial charge in [-0.15, -0.1) is 0 Å². The van der Waals surface area contributed by atoms with E-state index >= 15 is 0 Å². The lowest BCUT2D eigenvalue weighted by Crippen LogP contribution is -2.37. The highest BCUT2D eigenvalue weighted by Crippen LogP contribution is 2.26. The second-order valence-electron chi connectivity index (χ2n) is 7.37. The fourth-order valence-corrected chi connectivity index (χ4v) is 2.92. The SMILES string of the molecule is CC(C)C(Nc1c(F)cc(F)cc1F)C(=O)OC(C#N)c1cccc(Oc2ccccc2)n1. The monoisotopic (exact) mass is 455 g/mol. The first-order valence-electron chi connectivity index (χ1n) is 9.99. The van der Waals surface area contributed by atoms with Crippen molar-refractivity contribution >= 4 is 11.7 Å². The topological polar surface area (TPSA) is 84.2 Å². The molecule has 1 N–H and O–H groups in total. The molecule has 0 amide bonds. The Kier molecular flexibility index (Phi) is 7.51. The molecule has 0 bridgehead atoms. The van der Waals surface area contributed by atoms with Gasteiger partial charge >= 0.3 is 5.97 Å².